The molecular formula is C49H79NO27. The van der Waals surface area contributed by atoms with E-state index in [9.17, 15) is 86.5 Å². The first-order valence-corrected chi connectivity index (χ1v) is 26.5. The number of ether oxygens (including phenoxy) is 9. The van der Waals surface area contributed by atoms with Crippen LogP contribution < -0.4 is 5.48 Å². The Balaban J connectivity index is 0.989. The molecule has 0 aromatic rings. The molecule has 0 unspecified atom stereocenters. The molecule has 0 amide bonds. The standard InChI is InChI=1S/C49H79NO27/c1-19-11-47-9-10-49(50-77-44-39(74-40-33(64)26(57)20(56)16-68-40)36(67)37(24(15-54)72-44)73-41-34(65)30(61)27(58)21(12-51)69-41)45(2,18-55)6-4-7-46(49,3)25(47)5-8-48(19,17-47)76-43-38(32(63)29(60)23(14-53)71-43)75-42-35(66)31(62)28(59)22(13-52)70-42/h18,20-44,50-54,56-67H,1,4-17H2,2-3H3/t20-,21-,22-,23-,24-,25+,26+,27-,28-,29-,30+,31+,32+,33-,34-,35-,36+,37-,38-,39-,40+,41+,42+,43+,44+,45+,46+,47-,48+,49+/m1/s1. The van der Waals surface area contributed by atoms with Gasteiger partial charge in [0.1, 0.15) is 122 Å². The van der Waals surface area contributed by atoms with Gasteiger partial charge in [-0.1, -0.05) is 26.8 Å². The van der Waals surface area contributed by atoms with Crippen molar-refractivity contribution in [1.82, 2.24) is 5.48 Å². The Morgan fingerprint density at radius 2 is 1.09 bits per heavy atom. The van der Waals surface area contributed by atoms with Gasteiger partial charge in [-0.3, -0.25) is 4.84 Å². The number of hydrogen-bond donors (Lipinski definition) is 17. The molecule has 17 N–H and O–H groups in total. The Bertz CT molecular complexity index is 2050. The van der Waals surface area contributed by atoms with Crippen LogP contribution in [-0.4, -0.2) is 280 Å². The predicted molar refractivity (Wildman–Crippen MR) is 249 cm³/mol. The lowest BCUT2D eigenvalue weighted by Gasteiger charge is -2.69. The van der Waals surface area contributed by atoms with Crippen molar-refractivity contribution in [2.24, 2.45) is 22.2 Å². The Morgan fingerprint density at radius 1 is 0.571 bits per heavy atom. The summed E-state index contributed by atoms with van der Waals surface area (Å²) in [6.45, 7) is 4.66. The maximum atomic E-state index is 13.7. The molecule has 4 aliphatic carbocycles. The van der Waals surface area contributed by atoms with Crippen molar-refractivity contribution in [1.29, 1.82) is 0 Å². The SMILES string of the molecule is C=C1C[C@@]23CC[C@@]4(NO[C@@H]5O[C@H](CO)[C@@H](O[C@@H]6O[C@H](CO)[C@@H](O)[C@H](O)[C@H]6O)[C@H](O)[C@H]5O[C@@H]5OC[C@@H](O)[C@H](O)[C@H]5O)[C@@](C)(CCC[C@@]4(C)C=O)[C@@H]2CC[C@]1(O[C@@H]1O[C@H](CO)[C@@H](O)[C@H](O)[C@H]1O[C@@H]1O[C@H](CO)[C@@H](O)[C@H](O)[C@H]1O)C3. The van der Waals surface area contributed by atoms with Crippen LogP contribution in [0.1, 0.15) is 71.6 Å². The van der Waals surface area contributed by atoms with Gasteiger partial charge in [0, 0.05) is 5.41 Å². The fraction of sp³-hybridized carbons (Fsp3) is 0.939. The van der Waals surface area contributed by atoms with Gasteiger partial charge in [0.15, 0.2) is 25.2 Å². The van der Waals surface area contributed by atoms with E-state index in [2.05, 4.69) is 19.0 Å². The predicted octanol–water partition coefficient (Wildman–Crippen LogP) is -7.35. The third kappa shape index (κ3) is 9.99. The van der Waals surface area contributed by atoms with Gasteiger partial charge in [0.2, 0.25) is 6.29 Å². The summed E-state index contributed by atoms with van der Waals surface area (Å²) in [5.74, 6) is -0.202. The van der Waals surface area contributed by atoms with Crippen LogP contribution in [-0.2, 0) is 52.3 Å². The summed E-state index contributed by atoms with van der Waals surface area (Å²) in [6.07, 6.45) is -36.5. The highest BCUT2D eigenvalue weighted by Gasteiger charge is 2.74. The van der Waals surface area contributed by atoms with Crippen molar-refractivity contribution in [3.05, 3.63) is 12.2 Å². The van der Waals surface area contributed by atoms with Gasteiger partial charge < -0.3 is 129 Å². The molecule has 5 saturated heterocycles. The third-order valence-electron chi connectivity index (χ3n) is 19.1. The summed E-state index contributed by atoms with van der Waals surface area (Å²) in [7, 11) is 0. The Labute approximate surface area is 442 Å². The van der Waals surface area contributed by atoms with Crippen molar-refractivity contribution >= 4 is 6.29 Å². The molecule has 77 heavy (non-hydrogen) atoms. The van der Waals surface area contributed by atoms with Gasteiger partial charge in [-0.25, -0.2) is 0 Å². The number of aliphatic hydroxyl groups is 16. The largest absolute Gasteiger partial charge is 0.394 e. The molecule has 5 aliphatic heterocycles. The average molecular weight is 1110 g/mol. The van der Waals surface area contributed by atoms with Crippen LogP contribution in [0.2, 0.25) is 0 Å². The molecule has 442 valence electrons. The van der Waals surface area contributed by atoms with E-state index in [1.165, 1.54) is 0 Å². The number of carbonyl (C=O) groups is 1. The summed E-state index contributed by atoms with van der Waals surface area (Å²) < 4.78 is 53.9. The molecule has 5 heterocycles. The highest BCUT2D eigenvalue weighted by atomic mass is 16.8. The van der Waals surface area contributed by atoms with E-state index in [0.29, 0.717) is 56.9 Å². The molecule has 0 radical (unpaired) electrons. The second kappa shape index (κ2) is 22.8. The number of hydroxylamine groups is 1. The number of aliphatic hydroxyl groups excluding tert-OH is 16. The van der Waals surface area contributed by atoms with E-state index in [-0.39, 0.29) is 12.3 Å². The van der Waals surface area contributed by atoms with Gasteiger partial charge in [0.25, 0.3) is 0 Å². The van der Waals surface area contributed by atoms with Crippen LogP contribution in [0.5, 0.6) is 0 Å². The first-order chi connectivity index (χ1) is 36.4. The highest BCUT2D eigenvalue weighted by molar-refractivity contribution is 5.63. The quantitative estimate of drug-likeness (QED) is 0.0295. The molecule has 28 heteroatoms. The highest BCUT2D eigenvalue weighted by Crippen LogP contribution is 2.74. The Kier molecular flexibility index (Phi) is 17.8. The van der Waals surface area contributed by atoms with E-state index in [1.807, 2.05) is 6.92 Å². The maximum absolute atomic E-state index is 13.7. The summed E-state index contributed by atoms with van der Waals surface area (Å²) in [5, 5.41) is 171. The van der Waals surface area contributed by atoms with Crippen molar-refractivity contribution < 1.29 is 134 Å². The third-order valence-corrected chi connectivity index (χ3v) is 19.1. The van der Waals surface area contributed by atoms with Gasteiger partial charge in [-0.15, -0.1) is 0 Å². The zero-order valence-electron chi connectivity index (χ0n) is 42.8. The van der Waals surface area contributed by atoms with E-state index in [4.69, 9.17) is 47.5 Å². The molecule has 28 nitrogen and oxygen atoms in total. The lowest BCUT2D eigenvalue weighted by atomic mass is 9.38. The second-order valence-corrected chi connectivity index (χ2v) is 23.3. The molecule has 30 atom stereocenters. The van der Waals surface area contributed by atoms with Crippen LogP contribution in [0.25, 0.3) is 0 Å². The fourth-order valence-electron chi connectivity index (χ4n) is 14.7. The lowest BCUT2D eigenvalue weighted by molar-refractivity contribution is -0.394. The lowest BCUT2D eigenvalue weighted by Crippen LogP contribution is -2.75. The molecule has 0 aromatic heterocycles. The second-order valence-electron chi connectivity index (χ2n) is 23.3. The van der Waals surface area contributed by atoms with Crippen LogP contribution in [0.3, 0.4) is 0 Å². The number of nitrogens with one attached hydrogen (secondary N) is 1. The van der Waals surface area contributed by atoms with E-state index < -0.39 is 208 Å². The minimum Gasteiger partial charge on any atom is -0.394 e. The van der Waals surface area contributed by atoms with Crippen molar-refractivity contribution in [2.45, 2.75) is 230 Å². The minimum atomic E-state index is -1.95. The van der Waals surface area contributed by atoms with Crippen molar-refractivity contribution in [3.63, 3.8) is 0 Å². The first kappa shape index (κ1) is 59.9. The molecule has 9 rings (SSSR count). The van der Waals surface area contributed by atoms with Gasteiger partial charge in [-0.05, 0) is 73.7 Å². The summed E-state index contributed by atoms with van der Waals surface area (Å²) in [5.41, 5.74) is -0.992. The molecule has 1 spiro atoms. The number of carbonyl (C=O) groups excluding carboxylic acids is 1. The monoisotopic (exact) mass is 1110 g/mol. The summed E-state index contributed by atoms with van der Waals surface area (Å²) in [4.78, 5) is 20.2. The van der Waals surface area contributed by atoms with Crippen LogP contribution in [0.15, 0.2) is 12.2 Å². The van der Waals surface area contributed by atoms with E-state index in [0.717, 1.165) is 6.29 Å². The first-order valence-electron chi connectivity index (χ1n) is 26.5. The average Bonchev–Trinajstić information content (AvgIpc) is 3.65. The zero-order chi connectivity index (χ0) is 55.9. The smallest absolute Gasteiger partial charge is 0.206 e. The number of fused-ring (bicyclic) bond motifs is 3. The van der Waals surface area contributed by atoms with Gasteiger partial charge in [-0.2, -0.15) is 5.48 Å². The van der Waals surface area contributed by atoms with Crippen molar-refractivity contribution in [3.8, 4) is 0 Å². The Hall–Kier alpha value is -1.67. The zero-order valence-corrected chi connectivity index (χ0v) is 42.8. The summed E-state index contributed by atoms with van der Waals surface area (Å²) in [6, 6.07) is 0. The van der Waals surface area contributed by atoms with Gasteiger partial charge >= 0.3 is 0 Å². The molecule has 4 saturated carbocycles. The van der Waals surface area contributed by atoms with Gasteiger partial charge in [0.05, 0.1) is 44.2 Å². The maximum Gasteiger partial charge on any atom is 0.206 e. The van der Waals surface area contributed by atoms with Crippen LogP contribution >= 0.6 is 0 Å². The molecule has 2 bridgehead atoms. The number of aldehydes is 1. The van der Waals surface area contributed by atoms with E-state index >= 15 is 0 Å². The number of hydrogen-bond acceptors (Lipinski definition) is 28. The molecule has 9 aliphatic rings. The van der Waals surface area contributed by atoms with E-state index in [1.54, 1.807) is 0 Å². The summed E-state index contributed by atoms with van der Waals surface area (Å²) >= 11 is 0. The molecule has 0 aromatic carbocycles. The number of rotatable bonds is 16. The minimum absolute atomic E-state index is 0.202. The molecular weight excluding hydrogens is 1030 g/mol. The topological polar surface area (TPSA) is 445 Å². The molecule has 9 fully saturated rings. The Morgan fingerprint density at radius 3 is 1.68 bits per heavy atom. The fourth-order valence-corrected chi connectivity index (χ4v) is 14.7. The van der Waals surface area contributed by atoms with Crippen LogP contribution in [0, 0.1) is 22.2 Å². The normalized spacial score (nSPS) is 55.1. The van der Waals surface area contributed by atoms with Crippen LogP contribution in [0.4, 0.5) is 0 Å². The van der Waals surface area contributed by atoms with Crippen molar-refractivity contribution in [2.75, 3.05) is 33.0 Å².